The monoisotopic (exact) mass is 489 g/mol. The van der Waals surface area contributed by atoms with Crippen molar-refractivity contribution in [3.63, 3.8) is 0 Å². The van der Waals surface area contributed by atoms with Crippen LogP contribution in [0.4, 0.5) is 13.2 Å². The number of unbranched alkanes of at least 4 members (excludes halogenated alkanes) is 4. The number of likely N-dealkylation sites (tertiary alicyclic amines) is 1. The molecule has 3 N–H and O–H groups in total. The number of hydrogen-bond donors (Lipinski definition) is 2. The third kappa shape index (κ3) is 7.25. The molecule has 0 bridgehead atoms. The number of ether oxygens (including phenoxy) is 1. The van der Waals surface area contributed by atoms with Crippen LogP contribution in [-0.2, 0) is 6.18 Å². The van der Waals surface area contributed by atoms with Gasteiger partial charge < -0.3 is 19.9 Å². The average molecular weight is 490 g/mol. The zero-order valence-electron chi connectivity index (χ0n) is 18.7. The molecule has 33 heavy (non-hydrogen) atoms. The van der Waals surface area contributed by atoms with Crippen LogP contribution in [0.25, 0.3) is 11.4 Å². The van der Waals surface area contributed by atoms with Crippen LogP contribution >= 0.6 is 12.4 Å². The standard InChI is InChI=1S/C22H30F3N5O2.ClH/c1-2-3-4-5-6-12-31-18-10-9-15(13-17(18)22(23,24)25)19-28-20(32-29-19)16-8-7-11-30(14-16)21(26)27;/h9-10,13,16H,2-8,11-12,14H2,1H3,(H3,26,27);1H/t16-;/m1./s1. The molecule has 1 atom stereocenters. The van der Waals surface area contributed by atoms with Crippen molar-refractivity contribution < 1.29 is 22.4 Å². The van der Waals surface area contributed by atoms with E-state index in [1.54, 1.807) is 4.90 Å². The lowest BCUT2D eigenvalue weighted by atomic mass is 9.98. The van der Waals surface area contributed by atoms with E-state index in [1.165, 1.54) is 12.1 Å². The Morgan fingerprint density at radius 1 is 1.27 bits per heavy atom. The van der Waals surface area contributed by atoms with Crippen molar-refractivity contribution in [1.29, 1.82) is 5.41 Å². The fourth-order valence-electron chi connectivity index (χ4n) is 3.82. The summed E-state index contributed by atoms with van der Waals surface area (Å²) in [4.78, 5) is 6.05. The van der Waals surface area contributed by atoms with Crippen molar-refractivity contribution in [3.05, 3.63) is 29.7 Å². The van der Waals surface area contributed by atoms with E-state index in [9.17, 15) is 13.2 Å². The van der Waals surface area contributed by atoms with E-state index in [0.717, 1.165) is 44.6 Å². The maximum atomic E-state index is 13.7. The summed E-state index contributed by atoms with van der Waals surface area (Å²) >= 11 is 0. The fraction of sp³-hybridized carbons (Fsp3) is 0.591. The highest BCUT2D eigenvalue weighted by atomic mass is 35.5. The third-order valence-electron chi connectivity index (χ3n) is 5.60. The molecule has 184 valence electrons. The number of aromatic nitrogens is 2. The predicted molar refractivity (Wildman–Crippen MR) is 122 cm³/mol. The van der Waals surface area contributed by atoms with Crippen molar-refractivity contribution in [2.24, 2.45) is 5.73 Å². The number of alkyl halides is 3. The number of nitrogens with zero attached hydrogens (tertiary/aromatic N) is 3. The van der Waals surface area contributed by atoms with Crippen LogP contribution in [-0.4, -0.2) is 40.7 Å². The molecule has 0 saturated carbocycles. The van der Waals surface area contributed by atoms with Crippen molar-refractivity contribution in [1.82, 2.24) is 15.0 Å². The van der Waals surface area contributed by atoms with Crippen LogP contribution in [0.2, 0.25) is 0 Å². The fourth-order valence-corrected chi connectivity index (χ4v) is 3.82. The largest absolute Gasteiger partial charge is 0.493 e. The van der Waals surface area contributed by atoms with Gasteiger partial charge in [0.2, 0.25) is 11.7 Å². The van der Waals surface area contributed by atoms with Gasteiger partial charge >= 0.3 is 6.18 Å². The molecule has 0 amide bonds. The summed E-state index contributed by atoms with van der Waals surface area (Å²) in [7, 11) is 0. The molecule has 2 aromatic rings. The van der Waals surface area contributed by atoms with E-state index in [4.69, 9.17) is 20.4 Å². The molecule has 1 saturated heterocycles. The molecule has 0 radical (unpaired) electrons. The molecule has 11 heteroatoms. The van der Waals surface area contributed by atoms with Crippen LogP contribution in [0.1, 0.15) is 69.2 Å². The lowest BCUT2D eigenvalue weighted by Crippen LogP contribution is -2.42. The summed E-state index contributed by atoms with van der Waals surface area (Å²) in [5, 5.41) is 11.5. The first kappa shape index (κ1) is 26.8. The number of nitrogens with one attached hydrogen (secondary N) is 1. The van der Waals surface area contributed by atoms with E-state index < -0.39 is 11.7 Å². The van der Waals surface area contributed by atoms with Crippen LogP contribution in [0.5, 0.6) is 5.75 Å². The predicted octanol–water partition coefficient (Wildman–Crippen LogP) is 5.60. The highest BCUT2D eigenvalue weighted by Gasteiger charge is 2.35. The minimum atomic E-state index is -4.56. The molecule has 7 nitrogen and oxygen atoms in total. The molecular formula is C22H31ClF3N5O2. The highest BCUT2D eigenvalue weighted by molar-refractivity contribution is 5.85. The second kappa shape index (κ2) is 12.1. The minimum Gasteiger partial charge on any atom is -0.493 e. The van der Waals surface area contributed by atoms with Gasteiger partial charge in [0.15, 0.2) is 5.96 Å². The maximum absolute atomic E-state index is 13.7. The number of benzene rings is 1. The highest BCUT2D eigenvalue weighted by Crippen LogP contribution is 2.39. The lowest BCUT2D eigenvalue weighted by Gasteiger charge is -2.30. The molecule has 1 fully saturated rings. The maximum Gasteiger partial charge on any atom is 0.419 e. The number of rotatable bonds is 9. The molecule has 3 rings (SSSR count). The van der Waals surface area contributed by atoms with Crippen molar-refractivity contribution in [3.8, 4) is 17.1 Å². The molecule has 0 aliphatic carbocycles. The van der Waals surface area contributed by atoms with Crippen molar-refractivity contribution >= 4 is 18.4 Å². The molecule has 2 heterocycles. The van der Waals surface area contributed by atoms with Gasteiger partial charge in [0.25, 0.3) is 0 Å². The first-order valence-electron chi connectivity index (χ1n) is 11.1. The summed E-state index contributed by atoms with van der Waals surface area (Å²) < 4.78 is 51.7. The molecule has 1 aromatic carbocycles. The Morgan fingerprint density at radius 2 is 2.03 bits per heavy atom. The summed E-state index contributed by atoms with van der Waals surface area (Å²) in [6.07, 6.45) is 1.95. The van der Waals surface area contributed by atoms with E-state index in [1.807, 2.05) is 0 Å². The zero-order valence-corrected chi connectivity index (χ0v) is 19.5. The second-order valence-electron chi connectivity index (χ2n) is 8.10. The number of halogens is 4. The minimum absolute atomic E-state index is 0. The Balaban J connectivity index is 0.00000385. The van der Waals surface area contributed by atoms with E-state index in [2.05, 4.69) is 17.1 Å². The van der Waals surface area contributed by atoms with Gasteiger partial charge in [-0.3, -0.25) is 5.41 Å². The first-order chi connectivity index (χ1) is 15.3. The third-order valence-corrected chi connectivity index (χ3v) is 5.60. The molecule has 0 spiro atoms. The summed E-state index contributed by atoms with van der Waals surface area (Å²) in [6.45, 7) is 3.50. The van der Waals surface area contributed by atoms with Gasteiger partial charge in [-0.2, -0.15) is 18.2 Å². The smallest absolute Gasteiger partial charge is 0.419 e. The van der Waals surface area contributed by atoms with Crippen LogP contribution in [0, 0.1) is 5.41 Å². The first-order valence-corrected chi connectivity index (χ1v) is 11.1. The van der Waals surface area contributed by atoms with Gasteiger partial charge in [0, 0.05) is 18.7 Å². The van der Waals surface area contributed by atoms with Gasteiger partial charge in [-0.15, -0.1) is 12.4 Å². The van der Waals surface area contributed by atoms with Crippen molar-refractivity contribution in [2.45, 2.75) is 64.0 Å². The van der Waals surface area contributed by atoms with Crippen molar-refractivity contribution in [2.75, 3.05) is 19.7 Å². The quantitative estimate of drug-likeness (QED) is 0.270. The summed E-state index contributed by atoms with van der Waals surface area (Å²) in [5.74, 6) is 0.102. The summed E-state index contributed by atoms with van der Waals surface area (Å²) in [5.41, 5.74) is 4.92. The number of piperidine rings is 1. The summed E-state index contributed by atoms with van der Waals surface area (Å²) in [6, 6.07) is 3.83. The van der Waals surface area contributed by atoms with Gasteiger partial charge in [-0.25, -0.2) is 0 Å². The van der Waals surface area contributed by atoms with Gasteiger partial charge in [0.05, 0.1) is 18.1 Å². The van der Waals surface area contributed by atoms with Crippen LogP contribution in [0.15, 0.2) is 22.7 Å². The Kier molecular flexibility index (Phi) is 9.82. The van der Waals surface area contributed by atoms with Gasteiger partial charge in [-0.05, 0) is 37.5 Å². The Labute approximate surface area is 197 Å². The molecule has 1 aliphatic rings. The zero-order chi connectivity index (χ0) is 23.1. The lowest BCUT2D eigenvalue weighted by molar-refractivity contribution is -0.138. The van der Waals surface area contributed by atoms with E-state index in [-0.39, 0.29) is 48.0 Å². The molecule has 1 aromatic heterocycles. The molecule has 1 aliphatic heterocycles. The molecule has 0 unspecified atom stereocenters. The molecular weight excluding hydrogens is 459 g/mol. The van der Waals surface area contributed by atoms with Gasteiger partial charge in [0.1, 0.15) is 5.75 Å². The topological polar surface area (TPSA) is 101 Å². The van der Waals surface area contributed by atoms with E-state index in [0.29, 0.717) is 25.4 Å². The van der Waals surface area contributed by atoms with E-state index >= 15 is 0 Å². The number of nitrogens with two attached hydrogens (primary N) is 1. The Morgan fingerprint density at radius 3 is 2.73 bits per heavy atom. The number of hydrogen-bond acceptors (Lipinski definition) is 5. The number of guanidine groups is 1. The Bertz CT molecular complexity index is 906. The van der Waals surface area contributed by atoms with Crippen LogP contribution in [0.3, 0.4) is 0 Å². The van der Waals surface area contributed by atoms with Crippen LogP contribution < -0.4 is 10.5 Å². The SMILES string of the molecule is CCCCCCCOc1ccc(-c2noc([C@@H]3CCCN(C(=N)N)C3)n2)cc1C(F)(F)F.Cl. The average Bonchev–Trinajstić information content (AvgIpc) is 3.26. The second-order valence-corrected chi connectivity index (χ2v) is 8.10. The normalized spacial score (nSPS) is 16.4. The Hall–Kier alpha value is -2.49. The van der Waals surface area contributed by atoms with Gasteiger partial charge in [-0.1, -0.05) is 37.8 Å².